The highest BCUT2D eigenvalue weighted by Gasteiger charge is 2.33. The number of halogens is 1. The summed E-state index contributed by atoms with van der Waals surface area (Å²) in [6, 6.07) is 15.0. The summed E-state index contributed by atoms with van der Waals surface area (Å²) in [7, 11) is 0. The standard InChI is InChI=1S/C23H22FN3O2S/c1-16-15-30-23(25-16)27(20-7-3-2-4-8-20)22(29)18-6-5-13-26(14-18)21(28)17-9-11-19(24)12-10-17/h2-4,7-12,15,18H,5-6,13-14H2,1H3. The van der Waals surface area contributed by atoms with Gasteiger partial charge in [-0.15, -0.1) is 11.3 Å². The van der Waals surface area contributed by atoms with Crippen molar-refractivity contribution in [3.63, 3.8) is 0 Å². The number of piperidine rings is 1. The third kappa shape index (κ3) is 4.26. The number of amides is 2. The van der Waals surface area contributed by atoms with Crippen LogP contribution in [-0.4, -0.2) is 34.8 Å². The number of aromatic nitrogens is 1. The Labute approximate surface area is 178 Å². The summed E-state index contributed by atoms with van der Waals surface area (Å²) in [4.78, 5) is 34.3. The van der Waals surface area contributed by atoms with Crippen LogP contribution in [0.3, 0.4) is 0 Å². The molecule has 2 aromatic carbocycles. The lowest BCUT2D eigenvalue weighted by Gasteiger charge is -2.34. The van der Waals surface area contributed by atoms with Gasteiger partial charge in [-0.05, 0) is 56.2 Å². The lowest BCUT2D eigenvalue weighted by Crippen LogP contribution is -2.45. The molecule has 1 unspecified atom stereocenters. The van der Waals surface area contributed by atoms with Crippen LogP contribution in [0.4, 0.5) is 15.2 Å². The molecule has 1 fully saturated rings. The van der Waals surface area contributed by atoms with Crippen LogP contribution < -0.4 is 4.90 Å². The van der Waals surface area contributed by atoms with Gasteiger partial charge >= 0.3 is 0 Å². The normalized spacial score (nSPS) is 16.3. The van der Waals surface area contributed by atoms with Crippen molar-refractivity contribution in [1.82, 2.24) is 9.88 Å². The number of likely N-dealkylation sites (tertiary alicyclic amines) is 1. The van der Waals surface area contributed by atoms with Crippen LogP contribution in [0.15, 0.2) is 60.0 Å². The van der Waals surface area contributed by atoms with Gasteiger partial charge in [0.25, 0.3) is 5.91 Å². The number of rotatable bonds is 4. The monoisotopic (exact) mass is 423 g/mol. The van der Waals surface area contributed by atoms with Gasteiger partial charge in [-0.3, -0.25) is 14.5 Å². The van der Waals surface area contributed by atoms with E-state index in [1.54, 1.807) is 9.80 Å². The third-order valence-electron chi connectivity index (χ3n) is 5.18. The number of hydrogen-bond donors (Lipinski definition) is 0. The zero-order valence-corrected chi connectivity index (χ0v) is 17.4. The molecule has 2 amide bonds. The summed E-state index contributed by atoms with van der Waals surface area (Å²) in [6.45, 7) is 2.82. The van der Waals surface area contributed by atoms with Crippen molar-refractivity contribution < 1.29 is 14.0 Å². The van der Waals surface area contributed by atoms with Crippen LogP contribution in [0.5, 0.6) is 0 Å². The zero-order chi connectivity index (χ0) is 21.1. The number of benzene rings is 2. The molecule has 30 heavy (non-hydrogen) atoms. The molecule has 0 N–H and O–H groups in total. The highest BCUT2D eigenvalue weighted by molar-refractivity contribution is 7.14. The highest BCUT2D eigenvalue weighted by Crippen LogP contribution is 2.32. The summed E-state index contributed by atoms with van der Waals surface area (Å²) in [5.74, 6) is -0.945. The second-order valence-electron chi connectivity index (χ2n) is 7.38. The van der Waals surface area contributed by atoms with Gasteiger partial charge in [0.1, 0.15) is 5.82 Å². The zero-order valence-electron chi connectivity index (χ0n) is 16.6. The molecule has 0 saturated carbocycles. The van der Waals surface area contributed by atoms with Crippen LogP contribution in [0.2, 0.25) is 0 Å². The van der Waals surface area contributed by atoms with Gasteiger partial charge in [0.2, 0.25) is 5.91 Å². The smallest absolute Gasteiger partial charge is 0.253 e. The fraction of sp³-hybridized carbons (Fsp3) is 0.261. The average Bonchev–Trinajstić information content (AvgIpc) is 3.20. The van der Waals surface area contributed by atoms with E-state index in [-0.39, 0.29) is 23.5 Å². The minimum Gasteiger partial charge on any atom is -0.338 e. The summed E-state index contributed by atoms with van der Waals surface area (Å²) in [6.07, 6.45) is 1.45. The average molecular weight is 424 g/mol. The lowest BCUT2D eigenvalue weighted by molar-refractivity contribution is -0.122. The quantitative estimate of drug-likeness (QED) is 0.605. The molecule has 154 valence electrons. The first kappa shape index (κ1) is 20.2. The second-order valence-corrected chi connectivity index (χ2v) is 8.21. The fourth-order valence-corrected chi connectivity index (χ4v) is 4.50. The minimum absolute atomic E-state index is 0.0628. The molecular weight excluding hydrogens is 401 g/mol. The molecule has 1 saturated heterocycles. The number of hydrogen-bond acceptors (Lipinski definition) is 4. The molecule has 1 aliphatic heterocycles. The first-order valence-corrected chi connectivity index (χ1v) is 10.8. The van der Waals surface area contributed by atoms with Crippen molar-refractivity contribution >= 4 is 34.0 Å². The molecule has 2 heterocycles. The fourth-order valence-electron chi connectivity index (χ4n) is 3.67. The lowest BCUT2D eigenvalue weighted by atomic mass is 9.95. The van der Waals surface area contributed by atoms with E-state index in [4.69, 9.17) is 0 Å². The summed E-state index contributed by atoms with van der Waals surface area (Å²) >= 11 is 1.43. The van der Waals surface area contributed by atoms with Gasteiger partial charge in [-0.25, -0.2) is 9.37 Å². The molecule has 3 aromatic rings. The SMILES string of the molecule is Cc1csc(N(C(=O)C2CCCN(C(=O)c3ccc(F)cc3)C2)c2ccccc2)n1. The van der Waals surface area contributed by atoms with Crippen LogP contribution in [0.1, 0.15) is 28.9 Å². The number of carbonyl (C=O) groups excluding carboxylic acids is 2. The van der Waals surface area contributed by atoms with Crippen LogP contribution in [0, 0.1) is 18.7 Å². The third-order valence-corrected chi connectivity index (χ3v) is 6.13. The second kappa shape index (κ2) is 8.75. The molecule has 0 aliphatic carbocycles. The van der Waals surface area contributed by atoms with Gasteiger partial charge < -0.3 is 4.90 Å². The molecule has 1 aromatic heterocycles. The topological polar surface area (TPSA) is 53.5 Å². The van der Waals surface area contributed by atoms with E-state index in [1.807, 2.05) is 42.6 Å². The number of aryl methyl sites for hydroxylation is 1. The number of carbonyl (C=O) groups is 2. The van der Waals surface area contributed by atoms with E-state index < -0.39 is 0 Å². The van der Waals surface area contributed by atoms with Crippen molar-refractivity contribution in [2.24, 2.45) is 5.92 Å². The van der Waals surface area contributed by atoms with Gasteiger partial charge in [0, 0.05) is 24.0 Å². The Hall–Kier alpha value is -3.06. The van der Waals surface area contributed by atoms with Crippen molar-refractivity contribution in [1.29, 1.82) is 0 Å². The number of thiazole rings is 1. The minimum atomic E-state index is -0.379. The molecule has 7 heteroatoms. The summed E-state index contributed by atoms with van der Waals surface area (Å²) < 4.78 is 13.2. The first-order valence-electron chi connectivity index (χ1n) is 9.89. The highest BCUT2D eigenvalue weighted by atomic mass is 32.1. The number of para-hydroxylation sites is 1. The predicted octanol–water partition coefficient (Wildman–Crippen LogP) is 4.81. The molecule has 1 aliphatic rings. The molecule has 0 spiro atoms. The predicted molar refractivity (Wildman–Crippen MR) is 115 cm³/mol. The molecule has 4 rings (SSSR count). The molecule has 0 bridgehead atoms. The van der Waals surface area contributed by atoms with Crippen molar-refractivity contribution in [3.05, 3.63) is 77.1 Å². The van der Waals surface area contributed by atoms with E-state index in [0.717, 1.165) is 17.8 Å². The Morgan fingerprint density at radius 2 is 1.87 bits per heavy atom. The van der Waals surface area contributed by atoms with E-state index in [0.29, 0.717) is 30.2 Å². The molecule has 1 atom stereocenters. The van der Waals surface area contributed by atoms with Gasteiger partial charge in [-0.1, -0.05) is 18.2 Å². The molecule has 0 radical (unpaired) electrons. The van der Waals surface area contributed by atoms with E-state index in [1.165, 1.54) is 35.6 Å². The largest absolute Gasteiger partial charge is 0.338 e. The van der Waals surface area contributed by atoms with Crippen LogP contribution in [-0.2, 0) is 4.79 Å². The van der Waals surface area contributed by atoms with Crippen molar-refractivity contribution in [2.75, 3.05) is 18.0 Å². The van der Waals surface area contributed by atoms with Crippen molar-refractivity contribution in [3.8, 4) is 0 Å². The Kier molecular flexibility index (Phi) is 5.90. The van der Waals surface area contributed by atoms with E-state index in [9.17, 15) is 14.0 Å². The molecule has 5 nitrogen and oxygen atoms in total. The number of nitrogens with zero attached hydrogens (tertiary/aromatic N) is 3. The van der Waals surface area contributed by atoms with Crippen LogP contribution >= 0.6 is 11.3 Å². The first-order chi connectivity index (χ1) is 14.5. The Morgan fingerprint density at radius 1 is 1.13 bits per heavy atom. The Balaban J connectivity index is 1.57. The maximum Gasteiger partial charge on any atom is 0.253 e. The van der Waals surface area contributed by atoms with Crippen LogP contribution in [0.25, 0.3) is 0 Å². The van der Waals surface area contributed by atoms with Gasteiger partial charge in [0.05, 0.1) is 17.3 Å². The maximum absolute atomic E-state index is 13.6. The van der Waals surface area contributed by atoms with E-state index in [2.05, 4.69) is 4.98 Å². The Morgan fingerprint density at radius 3 is 2.53 bits per heavy atom. The Bertz CT molecular complexity index is 1040. The van der Waals surface area contributed by atoms with Crippen molar-refractivity contribution in [2.45, 2.75) is 19.8 Å². The summed E-state index contributed by atoms with van der Waals surface area (Å²) in [5, 5.41) is 2.55. The summed E-state index contributed by atoms with van der Waals surface area (Å²) in [5.41, 5.74) is 2.05. The maximum atomic E-state index is 13.6. The molecular formula is C23H22FN3O2S. The van der Waals surface area contributed by atoms with Gasteiger partial charge in [0.15, 0.2) is 5.13 Å². The number of anilines is 2. The van der Waals surface area contributed by atoms with Gasteiger partial charge in [-0.2, -0.15) is 0 Å². The van der Waals surface area contributed by atoms with E-state index >= 15 is 0 Å².